The first kappa shape index (κ1) is 29.6. The van der Waals surface area contributed by atoms with Crippen LogP contribution in [0.15, 0.2) is 36.4 Å². The van der Waals surface area contributed by atoms with Gasteiger partial charge in [-0.25, -0.2) is 4.79 Å². The molecule has 2 aromatic carbocycles. The smallest absolute Gasteiger partial charge is 0.350 e. The maximum atomic E-state index is 12.6. The molecule has 1 aliphatic rings. The van der Waals surface area contributed by atoms with Crippen molar-refractivity contribution in [3.8, 4) is 5.75 Å². The second kappa shape index (κ2) is 12.7. The predicted molar refractivity (Wildman–Crippen MR) is 154 cm³/mol. The molecule has 0 aromatic heterocycles. The zero-order valence-corrected chi connectivity index (χ0v) is 24.6. The zero-order chi connectivity index (χ0) is 27.2. The van der Waals surface area contributed by atoms with Crippen molar-refractivity contribution in [2.24, 2.45) is 0 Å². The number of carbonyl (C=O) groups excluding carboxylic acids is 1. The molecule has 1 N–H and O–H groups in total. The van der Waals surface area contributed by atoms with Gasteiger partial charge in [-0.05, 0) is 89.8 Å². The molecule has 3 rings (SSSR count). The van der Waals surface area contributed by atoms with E-state index in [-0.39, 0.29) is 5.97 Å². The molecule has 0 heterocycles. The van der Waals surface area contributed by atoms with Crippen LogP contribution in [0, 0.1) is 6.92 Å². The average Bonchev–Trinajstić information content (AvgIpc) is 2.81. The second-order valence-electron chi connectivity index (χ2n) is 11.5. The van der Waals surface area contributed by atoms with Gasteiger partial charge in [0, 0.05) is 30.7 Å². The molecule has 1 fully saturated rings. The van der Waals surface area contributed by atoms with Gasteiger partial charge in [-0.15, -0.1) is 0 Å². The van der Waals surface area contributed by atoms with Crippen LogP contribution in [-0.2, 0) is 16.1 Å². The number of nitrogens with one attached hydrogen (secondary N) is 1. The Hall–Kier alpha value is -1.95. The molecule has 1 aliphatic carbocycles. The van der Waals surface area contributed by atoms with E-state index in [0.29, 0.717) is 21.8 Å². The van der Waals surface area contributed by atoms with Gasteiger partial charge in [0.05, 0.1) is 10.7 Å². The van der Waals surface area contributed by atoms with E-state index in [1.54, 1.807) is 19.9 Å². The largest absolute Gasteiger partial charge is 0.476 e. The van der Waals surface area contributed by atoms with Gasteiger partial charge in [0.1, 0.15) is 11.4 Å². The number of aryl methyl sites for hydroxylation is 1. The lowest BCUT2D eigenvalue weighted by Crippen LogP contribution is -2.43. The summed E-state index contributed by atoms with van der Waals surface area (Å²) in [6.07, 6.45) is 6.34. The van der Waals surface area contributed by atoms with Crippen molar-refractivity contribution in [3.63, 3.8) is 0 Å². The number of hydrogen-bond acceptors (Lipinski definition) is 5. The Morgan fingerprint density at radius 2 is 1.73 bits per heavy atom. The highest BCUT2D eigenvalue weighted by Crippen LogP contribution is 2.29. The molecule has 0 radical (unpaired) electrons. The number of hydrogen-bond donors (Lipinski definition) is 1. The summed E-state index contributed by atoms with van der Waals surface area (Å²) in [6, 6.07) is 12.4. The Bertz CT molecular complexity index is 1060. The van der Waals surface area contributed by atoms with Crippen molar-refractivity contribution in [1.29, 1.82) is 0 Å². The number of anilines is 1. The number of nitrogens with zero attached hydrogens (tertiary/aromatic N) is 1. The molecule has 0 unspecified atom stereocenters. The Kier molecular flexibility index (Phi) is 10.2. The third kappa shape index (κ3) is 9.08. The van der Waals surface area contributed by atoms with E-state index in [9.17, 15) is 4.79 Å². The van der Waals surface area contributed by atoms with Gasteiger partial charge in [-0.3, -0.25) is 4.90 Å². The molecule has 37 heavy (non-hydrogen) atoms. The minimum atomic E-state index is -1.08. The molecular formula is C30H42Cl2N2O3. The quantitative estimate of drug-likeness (QED) is 0.304. The summed E-state index contributed by atoms with van der Waals surface area (Å²) >= 11 is 12.4. The summed E-state index contributed by atoms with van der Waals surface area (Å²) in [5.41, 5.74) is 1.49. The first-order chi connectivity index (χ1) is 17.3. The van der Waals surface area contributed by atoms with E-state index in [1.165, 1.54) is 37.7 Å². The van der Waals surface area contributed by atoms with Gasteiger partial charge in [0.15, 0.2) is 5.60 Å². The highest BCUT2D eigenvalue weighted by molar-refractivity contribution is 6.36. The van der Waals surface area contributed by atoms with E-state index < -0.39 is 11.2 Å². The Morgan fingerprint density at radius 1 is 1.03 bits per heavy atom. The minimum Gasteiger partial charge on any atom is -0.476 e. The van der Waals surface area contributed by atoms with Crippen LogP contribution < -0.4 is 10.1 Å². The normalized spacial score (nSPS) is 15.1. The lowest BCUT2D eigenvalue weighted by Gasteiger charge is -2.35. The molecule has 0 atom stereocenters. The first-order valence-electron chi connectivity index (χ1n) is 13.3. The second-order valence-corrected chi connectivity index (χ2v) is 12.4. The Morgan fingerprint density at radius 3 is 2.35 bits per heavy atom. The number of carbonyl (C=O) groups is 1. The van der Waals surface area contributed by atoms with Crippen LogP contribution in [0.3, 0.4) is 0 Å². The van der Waals surface area contributed by atoms with Crippen molar-refractivity contribution in [2.45, 2.75) is 97.4 Å². The molecular weight excluding hydrogens is 507 g/mol. The lowest BCUT2D eigenvalue weighted by atomic mass is 9.93. The summed E-state index contributed by atoms with van der Waals surface area (Å²) in [7, 11) is 0. The van der Waals surface area contributed by atoms with Crippen LogP contribution in [0.5, 0.6) is 5.75 Å². The highest BCUT2D eigenvalue weighted by atomic mass is 35.5. The number of benzene rings is 2. The molecule has 0 spiro atoms. The third-order valence-electron chi connectivity index (χ3n) is 6.62. The molecule has 2 aromatic rings. The molecule has 1 saturated carbocycles. The SMILES string of the molecule is Cc1cc(CN(CCNc2ccc(Cl)cc2Cl)C2CCCCC2)ccc1OC(C)(C)C(=O)OC(C)(C)C. The van der Waals surface area contributed by atoms with Crippen molar-refractivity contribution in [1.82, 2.24) is 4.90 Å². The van der Waals surface area contributed by atoms with Gasteiger partial charge < -0.3 is 14.8 Å². The third-order valence-corrected chi connectivity index (χ3v) is 7.17. The van der Waals surface area contributed by atoms with Crippen LogP contribution in [0.1, 0.15) is 77.8 Å². The van der Waals surface area contributed by atoms with Crippen LogP contribution in [0.4, 0.5) is 5.69 Å². The lowest BCUT2D eigenvalue weighted by molar-refractivity contribution is -0.170. The van der Waals surface area contributed by atoms with Gasteiger partial charge in [-0.2, -0.15) is 0 Å². The summed E-state index contributed by atoms with van der Waals surface area (Å²) in [6.45, 7) is 13.7. The number of ether oxygens (including phenoxy) is 2. The van der Waals surface area contributed by atoms with Crippen molar-refractivity contribution in [2.75, 3.05) is 18.4 Å². The standard InChI is InChI=1S/C30H42Cl2N2O3/c1-21-18-22(12-15-27(21)36-30(5,6)28(35)37-29(2,3)4)20-34(24-10-8-7-9-11-24)17-16-33-26-14-13-23(31)19-25(26)32/h12-15,18-19,24,33H,7-11,16-17,20H2,1-6H3. The minimum absolute atomic E-state index is 0.375. The fourth-order valence-corrected chi connectivity index (χ4v) is 5.16. The van der Waals surface area contributed by atoms with Gasteiger partial charge in [0.25, 0.3) is 0 Å². The molecule has 5 nitrogen and oxygen atoms in total. The monoisotopic (exact) mass is 548 g/mol. The van der Waals surface area contributed by atoms with E-state index in [0.717, 1.165) is 30.9 Å². The van der Waals surface area contributed by atoms with E-state index in [2.05, 4.69) is 22.3 Å². The van der Waals surface area contributed by atoms with Crippen molar-refractivity contribution < 1.29 is 14.3 Å². The van der Waals surface area contributed by atoms with Crippen LogP contribution >= 0.6 is 23.2 Å². The van der Waals surface area contributed by atoms with Gasteiger partial charge >= 0.3 is 5.97 Å². The van der Waals surface area contributed by atoms with Gasteiger partial charge in [0.2, 0.25) is 0 Å². The molecule has 0 amide bonds. The fraction of sp³-hybridized carbons (Fsp3) is 0.567. The van der Waals surface area contributed by atoms with E-state index in [1.807, 2.05) is 45.9 Å². The average molecular weight is 550 g/mol. The van der Waals surface area contributed by atoms with Crippen LogP contribution in [0.25, 0.3) is 0 Å². The molecule has 0 aliphatic heterocycles. The Balaban J connectivity index is 1.67. The maximum absolute atomic E-state index is 12.6. The Labute approximate surface area is 232 Å². The molecule has 204 valence electrons. The molecule has 0 bridgehead atoms. The number of rotatable bonds is 10. The van der Waals surface area contributed by atoms with E-state index in [4.69, 9.17) is 32.7 Å². The van der Waals surface area contributed by atoms with Crippen LogP contribution in [-0.4, -0.2) is 41.2 Å². The fourth-order valence-electron chi connectivity index (χ4n) is 4.68. The predicted octanol–water partition coefficient (Wildman–Crippen LogP) is 8.05. The number of halogens is 2. The summed E-state index contributed by atoms with van der Waals surface area (Å²) < 4.78 is 11.7. The van der Waals surface area contributed by atoms with Gasteiger partial charge in [-0.1, -0.05) is 54.6 Å². The summed E-state index contributed by atoms with van der Waals surface area (Å²) in [5.74, 6) is 0.322. The topological polar surface area (TPSA) is 50.8 Å². The zero-order valence-electron chi connectivity index (χ0n) is 23.1. The van der Waals surface area contributed by atoms with Crippen molar-refractivity contribution in [3.05, 3.63) is 57.6 Å². The van der Waals surface area contributed by atoms with E-state index >= 15 is 0 Å². The van der Waals surface area contributed by atoms with Crippen molar-refractivity contribution >= 4 is 34.9 Å². The maximum Gasteiger partial charge on any atom is 0.350 e. The molecule has 0 saturated heterocycles. The summed E-state index contributed by atoms with van der Waals surface area (Å²) in [5, 5.41) is 4.74. The molecule has 7 heteroatoms. The number of esters is 1. The first-order valence-corrected chi connectivity index (χ1v) is 14.0. The highest BCUT2D eigenvalue weighted by Gasteiger charge is 2.35. The summed E-state index contributed by atoms with van der Waals surface area (Å²) in [4.78, 5) is 15.2. The van der Waals surface area contributed by atoms with Crippen LogP contribution in [0.2, 0.25) is 10.0 Å².